The lowest BCUT2D eigenvalue weighted by molar-refractivity contribution is -0.143. The first-order valence-electron chi connectivity index (χ1n) is 8.80. The molecule has 0 aromatic heterocycles. The zero-order valence-corrected chi connectivity index (χ0v) is 15.1. The topological polar surface area (TPSA) is 93.5 Å². The van der Waals surface area contributed by atoms with E-state index in [1.165, 1.54) is 13.2 Å². The minimum absolute atomic E-state index is 0.254. The number of ether oxygens (including phenoxy) is 1. The maximum atomic E-state index is 12.4. The first-order chi connectivity index (χ1) is 13.1. The van der Waals surface area contributed by atoms with Gasteiger partial charge < -0.3 is 15.8 Å². The number of benzene rings is 2. The van der Waals surface area contributed by atoms with Gasteiger partial charge in [0.1, 0.15) is 12.2 Å². The van der Waals surface area contributed by atoms with Crippen LogP contribution in [-0.2, 0) is 27.3 Å². The van der Waals surface area contributed by atoms with Gasteiger partial charge in [0.05, 0.1) is 7.11 Å². The van der Waals surface area contributed by atoms with Crippen molar-refractivity contribution in [1.82, 2.24) is 10.6 Å². The second-order valence-electron chi connectivity index (χ2n) is 6.37. The Balaban J connectivity index is 1.71. The molecule has 2 unspecified atom stereocenters. The third-order valence-corrected chi connectivity index (χ3v) is 4.57. The van der Waals surface area contributed by atoms with Crippen LogP contribution in [0.15, 0.2) is 54.6 Å². The number of amides is 1. The fraction of sp³-hybridized carbons (Fsp3) is 0.238. The second kappa shape index (κ2) is 8.62. The van der Waals surface area contributed by atoms with Crippen LogP contribution in [0.3, 0.4) is 0 Å². The lowest BCUT2D eigenvalue weighted by atomic mass is 9.93. The summed E-state index contributed by atoms with van der Waals surface area (Å²) in [6.45, 7) is 0.485. The Hall–Kier alpha value is -2.96. The molecule has 0 bridgehead atoms. The van der Waals surface area contributed by atoms with Crippen molar-refractivity contribution in [2.45, 2.75) is 25.2 Å². The Bertz CT molecular complexity index is 846. The van der Waals surface area contributed by atoms with Crippen LogP contribution in [0.1, 0.15) is 28.4 Å². The van der Waals surface area contributed by atoms with Crippen LogP contribution in [0.5, 0.6) is 0 Å². The van der Waals surface area contributed by atoms with E-state index in [0.29, 0.717) is 13.0 Å². The SMILES string of the molecule is COC(=O)C1Cc2ccccc2C(NC(=O)C=Cc2ccc(CN)cc2)N1. The highest BCUT2D eigenvalue weighted by molar-refractivity contribution is 5.92. The molecule has 27 heavy (non-hydrogen) atoms. The van der Waals surface area contributed by atoms with Crippen molar-refractivity contribution in [3.63, 3.8) is 0 Å². The van der Waals surface area contributed by atoms with Gasteiger partial charge >= 0.3 is 5.97 Å². The van der Waals surface area contributed by atoms with Crippen molar-refractivity contribution in [2.24, 2.45) is 5.73 Å². The lowest BCUT2D eigenvalue weighted by Crippen LogP contribution is -2.50. The minimum atomic E-state index is -0.497. The van der Waals surface area contributed by atoms with E-state index in [9.17, 15) is 9.59 Å². The van der Waals surface area contributed by atoms with Gasteiger partial charge in [-0.25, -0.2) is 0 Å². The van der Waals surface area contributed by atoms with E-state index >= 15 is 0 Å². The fourth-order valence-corrected chi connectivity index (χ4v) is 3.11. The Kier molecular flexibility index (Phi) is 6.01. The Morgan fingerprint density at radius 3 is 2.67 bits per heavy atom. The summed E-state index contributed by atoms with van der Waals surface area (Å²) < 4.78 is 4.85. The molecule has 0 fully saturated rings. The molecule has 1 heterocycles. The number of methoxy groups -OCH3 is 1. The molecule has 2 atom stereocenters. The van der Waals surface area contributed by atoms with Crippen LogP contribution in [-0.4, -0.2) is 25.0 Å². The highest BCUT2D eigenvalue weighted by atomic mass is 16.5. The largest absolute Gasteiger partial charge is 0.468 e. The summed E-state index contributed by atoms with van der Waals surface area (Å²) in [5.74, 6) is -0.602. The third kappa shape index (κ3) is 4.61. The van der Waals surface area contributed by atoms with E-state index in [0.717, 1.165) is 22.3 Å². The normalized spacial score (nSPS) is 18.7. The first-order valence-corrected chi connectivity index (χ1v) is 8.80. The molecule has 140 valence electrons. The summed E-state index contributed by atoms with van der Waals surface area (Å²) in [6, 6.07) is 14.9. The predicted octanol–water partition coefficient (Wildman–Crippen LogP) is 1.66. The number of hydrogen-bond donors (Lipinski definition) is 3. The smallest absolute Gasteiger partial charge is 0.323 e. The van der Waals surface area contributed by atoms with E-state index in [2.05, 4.69) is 10.6 Å². The average molecular weight is 365 g/mol. The van der Waals surface area contributed by atoms with E-state index in [1.807, 2.05) is 48.5 Å². The summed E-state index contributed by atoms with van der Waals surface area (Å²) in [5.41, 5.74) is 9.49. The zero-order valence-electron chi connectivity index (χ0n) is 15.1. The van der Waals surface area contributed by atoms with Gasteiger partial charge in [0.2, 0.25) is 5.91 Å². The molecule has 1 aliphatic heterocycles. The fourth-order valence-electron chi connectivity index (χ4n) is 3.11. The number of fused-ring (bicyclic) bond motifs is 1. The summed E-state index contributed by atoms with van der Waals surface area (Å²) in [4.78, 5) is 24.3. The molecule has 3 rings (SSSR count). The zero-order chi connectivity index (χ0) is 19.2. The van der Waals surface area contributed by atoms with E-state index in [4.69, 9.17) is 10.5 Å². The highest BCUT2D eigenvalue weighted by Gasteiger charge is 2.31. The molecule has 0 saturated heterocycles. The highest BCUT2D eigenvalue weighted by Crippen LogP contribution is 2.24. The number of carbonyl (C=O) groups excluding carboxylic acids is 2. The number of carbonyl (C=O) groups is 2. The van der Waals surface area contributed by atoms with Crippen LogP contribution >= 0.6 is 0 Å². The molecule has 0 saturated carbocycles. The molecular formula is C21H23N3O3. The van der Waals surface area contributed by atoms with Gasteiger partial charge in [-0.1, -0.05) is 48.5 Å². The van der Waals surface area contributed by atoms with Crippen molar-refractivity contribution in [3.05, 3.63) is 76.9 Å². The Labute approximate surface area is 158 Å². The molecule has 2 aromatic carbocycles. The van der Waals surface area contributed by atoms with Crippen LogP contribution in [0.4, 0.5) is 0 Å². The Morgan fingerprint density at radius 2 is 1.96 bits per heavy atom. The first kappa shape index (κ1) is 18.8. The molecule has 1 aliphatic rings. The molecule has 6 nitrogen and oxygen atoms in total. The molecule has 1 amide bonds. The molecule has 6 heteroatoms. The summed E-state index contributed by atoms with van der Waals surface area (Å²) in [6.07, 6.45) is 3.28. The summed E-state index contributed by atoms with van der Waals surface area (Å²) >= 11 is 0. The van der Waals surface area contributed by atoms with Crippen LogP contribution in [0, 0.1) is 0 Å². The number of nitrogens with one attached hydrogen (secondary N) is 2. The predicted molar refractivity (Wildman–Crippen MR) is 103 cm³/mol. The van der Waals surface area contributed by atoms with Crippen molar-refractivity contribution in [3.8, 4) is 0 Å². The molecule has 0 radical (unpaired) electrons. The standard InChI is InChI=1S/C21H23N3O3/c1-27-21(26)18-12-16-4-2-3-5-17(16)20(23-18)24-19(25)11-10-14-6-8-15(13-22)9-7-14/h2-11,18,20,23H,12-13,22H2,1H3,(H,24,25). The Morgan fingerprint density at radius 1 is 1.22 bits per heavy atom. The number of rotatable bonds is 5. The second-order valence-corrected chi connectivity index (χ2v) is 6.37. The lowest BCUT2D eigenvalue weighted by Gasteiger charge is -2.32. The van der Waals surface area contributed by atoms with Gasteiger partial charge in [-0.05, 0) is 34.8 Å². The van der Waals surface area contributed by atoms with Gasteiger partial charge in [0.25, 0.3) is 0 Å². The summed E-state index contributed by atoms with van der Waals surface area (Å²) in [7, 11) is 1.36. The third-order valence-electron chi connectivity index (χ3n) is 4.57. The molecule has 4 N–H and O–H groups in total. The quantitative estimate of drug-likeness (QED) is 0.553. The van der Waals surface area contributed by atoms with E-state index in [1.54, 1.807) is 6.08 Å². The van der Waals surface area contributed by atoms with Crippen molar-refractivity contribution in [1.29, 1.82) is 0 Å². The minimum Gasteiger partial charge on any atom is -0.468 e. The van der Waals surface area contributed by atoms with E-state index < -0.39 is 12.2 Å². The summed E-state index contributed by atoms with van der Waals surface area (Å²) in [5, 5.41) is 6.06. The van der Waals surface area contributed by atoms with Gasteiger partial charge in [0, 0.05) is 12.6 Å². The van der Waals surface area contributed by atoms with Crippen LogP contribution in [0.25, 0.3) is 6.08 Å². The molecule has 0 aliphatic carbocycles. The van der Waals surface area contributed by atoms with Gasteiger partial charge in [-0.15, -0.1) is 0 Å². The molecule has 0 spiro atoms. The number of esters is 1. The van der Waals surface area contributed by atoms with Crippen molar-refractivity contribution < 1.29 is 14.3 Å². The maximum absolute atomic E-state index is 12.4. The van der Waals surface area contributed by atoms with Crippen molar-refractivity contribution in [2.75, 3.05) is 7.11 Å². The number of hydrogen-bond acceptors (Lipinski definition) is 5. The molecule has 2 aromatic rings. The molecular weight excluding hydrogens is 342 g/mol. The average Bonchev–Trinajstić information content (AvgIpc) is 2.72. The monoisotopic (exact) mass is 365 g/mol. The van der Waals surface area contributed by atoms with Crippen molar-refractivity contribution >= 4 is 18.0 Å². The van der Waals surface area contributed by atoms with Crippen LogP contribution < -0.4 is 16.4 Å². The van der Waals surface area contributed by atoms with Gasteiger partial charge in [-0.2, -0.15) is 0 Å². The maximum Gasteiger partial charge on any atom is 0.323 e. The van der Waals surface area contributed by atoms with Gasteiger partial charge in [0.15, 0.2) is 0 Å². The van der Waals surface area contributed by atoms with Crippen LogP contribution in [0.2, 0.25) is 0 Å². The van der Waals surface area contributed by atoms with Gasteiger partial charge in [-0.3, -0.25) is 14.9 Å². The number of nitrogens with two attached hydrogens (primary N) is 1. The van der Waals surface area contributed by atoms with E-state index in [-0.39, 0.29) is 11.9 Å².